The average molecular weight is 373 g/mol. The van der Waals surface area contributed by atoms with Gasteiger partial charge in [-0.1, -0.05) is 34.1 Å². The zero-order valence-corrected chi connectivity index (χ0v) is 14.1. The Kier molecular flexibility index (Phi) is 4.79. The number of hydrogen-bond acceptors (Lipinski definition) is 2. The topological polar surface area (TPSA) is 54.3 Å². The van der Waals surface area contributed by atoms with Gasteiger partial charge < -0.3 is 15.0 Å². The molecule has 0 aliphatic heterocycles. The van der Waals surface area contributed by atoms with Crippen LogP contribution in [0.1, 0.15) is 5.56 Å². The van der Waals surface area contributed by atoms with E-state index in [1.165, 1.54) is 0 Å². The Balaban J connectivity index is 1.69. The molecule has 118 valence electrons. The van der Waals surface area contributed by atoms with E-state index in [0.29, 0.717) is 6.42 Å². The summed E-state index contributed by atoms with van der Waals surface area (Å²) in [4.78, 5) is 12.2. The third kappa shape index (κ3) is 3.81. The van der Waals surface area contributed by atoms with Crippen molar-refractivity contribution < 1.29 is 9.90 Å². The summed E-state index contributed by atoms with van der Waals surface area (Å²) in [7, 11) is 0. The Morgan fingerprint density at radius 3 is 2.65 bits per heavy atom. The van der Waals surface area contributed by atoms with Gasteiger partial charge in [0, 0.05) is 28.5 Å². The van der Waals surface area contributed by atoms with Gasteiger partial charge in [0.1, 0.15) is 6.54 Å². The van der Waals surface area contributed by atoms with Crippen LogP contribution in [0.2, 0.25) is 0 Å². The van der Waals surface area contributed by atoms with Crippen LogP contribution >= 0.6 is 15.9 Å². The number of fused-ring (bicyclic) bond motifs is 1. The van der Waals surface area contributed by atoms with E-state index >= 15 is 0 Å². The van der Waals surface area contributed by atoms with E-state index in [1.54, 1.807) is 0 Å². The molecular formula is C18H17BrN2O2. The number of nitrogens with zero attached hydrogens (tertiary/aromatic N) is 1. The Hall–Kier alpha value is -2.11. The fourth-order valence-electron chi connectivity index (χ4n) is 2.53. The first-order chi connectivity index (χ1) is 11.2. The number of carbonyl (C=O) groups excluding carboxylic acids is 1. The molecule has 0 bridgehead atoms. The Morgan fingerprint density at radius 1 is 1.13 bits per heavy atom. The fourth-order valence-corrected chi connectivity index (χ4v) is 2.88. The number of amides is 1. The standard InChI is InChI=1S/C18H17BrN2O2/c19-15-4-3-14-7-9-21(17(14)11-15)12-18(23)20-16-5-1-13(2-6-16)8-10-22/h1-7,9,11,22H,8,10,12H2,(H,20,23). The van der Waals surface area contributed by atoms with Crippen molar-refractivity contribution in [1.29, 1.82) is 0 Å². The first kappa shape index (κ1) is 15.8. The lowest BCUT2D eigenvalue weighted by Gasteiger charge is -2.08. The van der Waals surface area contributed by atoms with Crippen molar-refractivity contribution in [3.63, 3.8) is 0 Å². The summed E-state index contributed by atoms with van der Waals surface area (Å²) in [5.41, 5.74) is 2.83. The molecule has 2 aromatic carbocycles. The maximum absolute atomic E-state index is 12.2. The molecule has 3 rings (SSSR count). The minimum absolute atomic E-state index is 0.0719. The maximum atomic E-state index is 12.2. The molecular weight excluding hydrogens is 356 g/mol. The lowest BCUT2D eigenvalue weighted by Crippen LogP contribution is -2.18. The van der Waals surface area contributed by atoms with E-state index in [1.807, 2.05) is 59.3 Å². The molecule has 1 amide bonds. The molecule has 3 aromatic rings. The van der Waals surface area contributed by atoms with Crippen LogP contribution in [0, 0.1) is 0 Å². The molecule has 2 N–H and O–H groups in total. The van der Waals surface area contributed by atoms with E-state index in [4.69, 9.17) is 5.11 Å². The van der Waals surface area contributed by atoms with Crippen molar-refractivity contribution in [2.24, 2.45) is 0 Å². The molecule has 1 heterocycles. The van der Waals surface area contributed by atoms with Gasteiger partial charge >= 0.3 is 0 Å². The first-order valence-corrected chi connectivity index (χ1v) is 8.19. The maximum Gasteiger partial charge on any atom is 0.244 e. The highest BCUT2D eigenvalue weighted by molar-refractivity contribution is 9.10. The van der Waals surface area contributed by atoms with E-state index in [2.05, 4.69) is 21.2 Å². The summed E-state index contributed by atoms with van der Waals surface area (Å²) in [6.45, 7) is 0.389. The van der Waals surface area contributed by atoms with Crippen LogP contribution < -0.4 is 5.32 Å². The minimum atomic E-state index is -0.0719. The van der Waals surface area contributed by atoms with Gasteiger partial charge in [-0.3, -0.25) is 4.79 Å². The summed E-state index contributed by atoms with van der Waals surface area (Å²) < 4.78 is 2.92. The van der Waals surface area contributed by atoms with Gasteiger partial charge in [0.05, 0.1) is 0 Å². The van der Waals surface area contributed by atoms with Crippen LogP contribution in [0.15, 0.2) is 59.2 Å². The second-order valence-electron chi connectivity index (χ2n) is 5.37. The molecule has 0 saturated heterocycles. The summed E-state index contributed by atoms with van der Waals surface area (Å²) in [6, 6.07) is 15.5. The predicted molar refractivity (Wildman–Crippen MR) is 95.5 cm³/mol. The molecule has 0 aliphatic rings. The predicted octanol–water partition coefficient (Wildman–Crippen LogP) is 3.58. The Morgan fingerprint density at radius 2 is 1.91 bits per heavy atom. The zero-order chi connectivity index (χ0) is 16.2. The van der Waals surface area contributed by atoms with Gasteiger partial charge in [0.25, 0.3) is 0 Å². The van der Waals surface area contributed by atoms with Gasteiger partial charge in [0.15, 0.2) is 0 Å². The highest BCUT2D eigenvalue weighted by atomic mass is 79.9. The minimum Gasteiger partial charge on any atom is -0.396 e. The summed E-state index contributed by atoms with van der Waals surface area (Å²) >= 11 is 3.46. The number of anilines is 1. The van der Waals surface area contributed by atoms with Crippen molar-refractivity contribution in [2.75, 3.05) is 11.9 Å². The largest absolute Gasteiger partial charge is 0.396 e. The third-order valence-electron chi connectivity index (χ3n) is 3.69. The van der Waals surface area contributed by atoms with Crippen LogP contribution in [0.5, 0.6) is 0 Å². The van der Waals surface area contributed by atoms with Crippen molar-refractivity contribution in [3.05, 3.63) is 64.8 Å². The number of aliphatic hydroxyl groups excluding tert-OH is 1. The lowest BCUT2D eigenvalue weighted by atomic mass is 10.1. The summed E-state index contributed by atoms with van der Waals surface area (Å²) in [5.74, 6) is -0.0719. The number of carbonyl (C=O) groups is 1. The molecule has 0 saturated carbocycles. The monoisotopic (exact) mass is 372 g/mol. The van der Waals surface area contributed by atoms with Gasteiger partial charge in [-0.15, -0.1) is 0 Å². The van der Waals surface area contributed by atoms with Crippen LogP contribution in [0.4, 0.5) is 5.69 Å². The second kappa shape index (κ2) is 6.98. The number of hydrogen-bond donors (Lipinski definition) is 2. The van der Waals surface area contributed by atoms with Crippen molar-refractivity contribution in [3.8, 4) is 0 Å². The molecule has 1 aromatic heterocycles. The number of aliphatic hydroxyl groups is 1. The zero-order valence-electron chi connectivity index (χ0n) is 12.5. The van der Waals surface area contributed by atoms with Gasteiger partial charge in [0.2, 0.25) is 5.91 Å². The average Bonchev–Trinajstić information content (AvgIpc) is 2.92. The van der Waals surface area contributed by atoms with E-state index in [-0.39, 0.29) is 19.1 Å². The number of halogens is 1. The quantitative estimate of drug-likeness (QED) is 0.718. The smallest absolute Gasteiger partial charge is 0.244 e. The highest BCUT2D eigenvalue weighted by Gasteiger charge is 2.07. The van der Waals surface area contributed by atoms with E-state index in [9.17, 15) is 4.79 Å². The van der Waals surface area contributed by atoms with E-state index < -0.39 is 0 Å². The van der Waals surface area contributed by atoms with Gasteiger partial charge in [-0.2, -0.15) is 0 Å². The summed E-state index contributed by atoms with van der Waals surface area (Å²) in [5, 5.41) is 12.9. The van der Waals surface area contributed by atoms with Crippen LogP contribution in [0.25, 0.3) is 10.9 Å². The van der Waals surface area contributed by atoms with Crippen molar-refractivity contribution in [1.82, 2.24) is 4.57 Å². The lowest BCUT2D eigenvalue weighted by molar-refractivity contribution is -0.116. The Labute approximate surface area is 142 Å². The fraction of sp³-hybridized carbons (Fsp3) is 0.167. The number of aromatic nitrogens is 1. The van der Waals surface area contributed by atoms with Gasteiger partial charge in [-0.05, 0) is 47.7 Å². The molecule has 0 unspecified atom stereocenters. The molecule has 0 aliphatic carbocycles. The molecule has 0 spiro atoms. The second-order valence-corrected chi connectivity index (χ2v) is 6.28. The number of nitrogens with one attached hydrogen (secondary N) is 1. The van der Waals surface area contributed by atoms with Crippen LogP contribution in [-0.2, 0) is 17.8 Å². The molecule has 0 fully saturated rings. The third-order valence-corrected chi connectivity index (χ3v) is 4.18. The van der Waals surface area contributed by atoms with Crippen molar-refractivity contribution in [2.45, 2.75) is 13.0 Å². The van der Waals surface area contributed by atoms with Gasteiger partial charge in [-0.25, -0.2) is 0 Å². The molecule has 4 nitrogen and oxygen atoms in total. The first-order valence-electron chi connectivity index (χ1n) is 7.40. The van der Waals surface area contributed by atoms with Crippen LogP contribution in [0.3, 0.4) is 0 Å². The van der Waals surface area contributed by atoms with Crippen LogP contribution in [-0.4, -0.2) is 22.2 Å². The SMILES string of the molecule is O=C(Cn1ccc2ccc(Br)cc21)Nc1ccc(CCO)cc1. The Bertz CT molecular complexity index is 825. The molecule has 0 radical (unpaired) electrons. The molecule has 0 atom stereocenters. The number of rotatable bonds is 5. The normalized spacial score (nSPS) is 10.9. The summed E-state index contributed by atoms with van der Waals surface area (Å²) in [6.07, 6.45) is 2.54. The van der Waals surface area contributed by atoms with E-state index in [0.717, 1.165) is 26.6 Å². The van der Waals surface area contributed by atoms with Crippen molar-refractivity contribution >= 4 is 38.4 Å². The molecule has 5 heteroatoms. The highest BCUT2D eigenvalue weighted by Crippen LogP contribution is 2.21. The number of benzene rings is 2. The molecule has 23 heavy (non-hydrogen) atoms.